The van der Waals surface area contributed by atoms with E-state index in [9.17, 15) is 18.0 Å². The Morgan fingerprint density at radius 2 is 2.13 bits per heavy atom. The second-order valence-corrected chi connectivity index (χ2v) is 5.39. The molecular formula is C15H20ClF3N2O2. The number of carbonyl (C=O) groups excluding carboxylic acids is 1. The van der Waals surface area contributed by atoms with Crippen molar-refractivity contribution >= 4 is 11.6 Å². The molecule has 0 bridgehead atoms. The number of hydrogen-bond acceptors (Lipinski definition) is 2. The molecule has 1 aliphatic heterocycles. The molecule has 0 radical (unpaired) electrons. The maximum atomic E-state index is 12.3. The molecule has 0 aromatic heterocycles. The minimum absolute atomic E-state index is 0. The molecule has 1 fully saturated rings. The highest BCUT2D eigenvalue weighted by molar-refractivity contribution is 5.94. The Kier molecular flexibility index (Phi) is 7.15. The molecule has 1 amide bonds. The van der Waals surface area contributed by atoms with Gasteiger partial charge in [0.2, 0.25) is 0 Å². The summed E-state index contributed by atoms with van der Waals surface area (Å²) in [6.07, 6.45) is -1.60. The Morgan fingerprint density at radius 1 is 1.39 bits per heavy atom. The summed E-state index contributed by atoms with van der Waals surface area (Å²) in [6.45, 7) is 2.93. The summed E-state index contributed by atoms with van der Waals surface area (Å²) in [5.74, 6) is -0.408. The van der Waals surface area contributed by atoms with Gasteiger partial charge in [0.25, 0.3) is 5.91 Å². The zero-order valence-electron chi connectivity index (χ0n) is 12.8. The first-order chi connectivity index (χ1) is 10.4. The first-order valence-corrected chi connectivity index (χ1v) is 7.38. The maximum absolute atomic E-state index is 12.3. The molecule has 1 aromatic carbocycles. The number of rotatable bonds is 5. The van der Waals surface area contributed by atoms with Gasteiger partial charge < -0.3 is 27.4 Å². The van der Waals surface area contributed by atoms with E-state index in [1.165, 1.54) is 18.2 Å². The van der Waals surface area contributed by atoms with Crippen LogP contribution in [-0.2, 0) is 4.79 Å². The van der Waals surface area contributed by atoms with Gasteiger partial charge in [0.05, 0.1) is 6.54 Å². The number of halogens is 4. The van der Waals surface area contributed by atoms with E-state index in [0.29, 0.717) is 18.8 Å². The number of piperazine rings is 1. The molecule has 1 aliphatic rings. The minimum atomic E-state index is -4.73. The number of quaternary nitrogens is 1. The van der Waals surface area contributed by atoms with E-state index >= 15 is 0 Å². The Bertz CT molecular complexity index is 526. The maximum Gasteiger partial charge on any atom is 0.573 e. The monoisotopic (exact) mass is 352 g/mol. The number of hydrogen-bond donors (Lipinski definition) is 1. The molecule has 0 spiro atoms. The molecule has 1 heterocycles. The van der Waals surface area contributed by atoms with E-state index in [-0.39, 0.29) is 30.1 Å². The van der Waals surface area contributed by atoms with Gasteiger partial charge in [0.15, 0.2) is 6.54 Å². The van der Waals surface area contributed by atoms with Crippen LogP contribution in [0.1, 0.15) is 26.2 Å². The van der Waals surface area contributed by atoms with Crippen LogP contribution in [0, 0.1) is 0 Å². The van der Waals surface area contributed by atoms with Crippen molar-refractivity contribution in [2.45, 2.75) is 38.6 Å². The second kappa shape index (κ2) is 8.40. The van der Waals surface area contributed by atoms with Crippen molar-refractivity contribution < 1.29 is 40.4 Å². The molecule has 130 valence electrons. The number of alkyl halides is 3. The fraction of sp³-hybridized carbons (Fsp3) is 0.533. The summed E-state index contributed by atoms with van der Waals surface area (Å²) < 4.78 is 40.8. The molecule has 1 saturated heterocycles. The smallest absolute Gasteiger partial charge is 0.573 e. The lowest BCUT2D eigenvalue weighted by Gasteiger charge is -2.31. The van der Waals surface area contributed by atoms with E-state index in [4.69, 9.17) is 0 Å². The molecule has 2 N–H and O–H groups in total. The van der Waals surface area contributed by atoms with Crippen molar-refractivity contribution in [2.75, 3.05) is 18.0 Å². The van der Waals surface area contributed by atoms with Gasteiger partial charge in [-0.05, 0) is 18.6 Å². The van der Waals surface area contributed by atoms with Crippen molar-refractivity contribution in [2.24, 2.45) is 0 Å². The normalized spacial score (nSPS) is 18.5. The van der Waals surface area contributed by atoms with E-state index in [1.807, 2.05) is 5.32 Å². The molecule has 1 unspecified atom stereocenters. The minimum Gasteiger partial charge on any atom is -1.00 e. The average Bonchev–Trinajstić information content (AvgIpc) is 2.45. The van der Waals surface area contributed by atoms with Gasteiger partial charge in [-0.1, -0.05) is 19.4 Å². The number of anilines is 1. The van der Waals surface area contributed by atoms with E-state index in [2.05, 4.69) is 11.7 Å². The van der Waals surface area contributed by atoms with Gasteiger partial charge in [-0.3, -0.25) is 4.79 Å². The molecule has 0 saturated carbocycles. The summed E-state index contributed by atoms with van der Waals surface area (Å²) in [5.41, 5.74) is 0.446. The van der Waals surface area contributed by atoms with Gasteiger partial charge in [-0.2, -0.15) is 0 Å². The Hall–Kier alpha value is -1.47. The molecule has 8 heteroatoms. The first kappa shape index (κ1) is 19.6. The van der Waals surface area contributed by atoms with Crippen LogP contribution < -0.4 is 27.4 Å². The second-order valence-electron chi connectivity index (χ2n) is 5.39. The topological polar surface area (TPSA) is 46.1 Å². The SMILES string of the molecule is CCCCC1CN(c2cccc(OC(F)(F)F)c2)C(=O)C[NH2+]1.[Cl-]. The van der Waals surface area contributed by atoms with Crippen LogP contribution in [-0.4, -0.2) is 31.4 Å². The Balaban J connectivity index is 0.00000264. The van der Waals surface area contributed by atoms with Crippen molar-refractivity contribution in [3.05, 3.63) is 24.3 Å². The van der Waals surface area contributed by atoms with Crippen LogP contribution in [0.2, 0.25) is 0 Å². The summed E-state index contributed by atoms with van der Waals surface area (Å²) >= 11 is 0. The number of nitrogens with zero attached hydrogens (tertiary/aromatic N) is 1. The fourth-order valence-electron chi connectivity index (χ4n) is 2.56. The third-order valence-electron chi connectivity index (χ3n) is 3.64. The standard InChI is InChI=1S/C15H19F3N2O2.ClH/c1-2-3-5-11-10-20(14(21)9-19-11)12-6-4-7-13(8-12)22-15(16,17)18;/h4,6-8,11,19H,2-3,5,9-10H2,1H3;1H. The van der Waals surface area contributed by atoms with Gasteiger partial charge >= 0.3 is 6.36 Å². The number of nitrogens with two attached hydrogens (primary N) is 1. The average molecular weight is 353 g/mol. The van der Waals surface area contributed by atoms with Crippen LogP contribution >= 0.6 is 0 Å². The summed E-state index contributed by atoms with van der Waals surface area (Å²) in [7, 11) is 0. The van der Waals surface area contributed by atoms with Crippen LogP contribution in [0.3, 0.4) is 0 Å². The van der Waals surface area contributed by atoms with Gasteiger partial charge in [0.1, 0.15) is 11.8 Å². The number of unbranched alkanes of at least 4 members (excludes halogenated alkanes) is 1. The van der Waals surface area contributed by atoms with Crippen molar-refractivity contribution in [3.63, 3.8) is 0 Å². The van der Waals surface area contributed by atoms with Crippen molar-refractivity contribution in [1.82, 2.24) is 0 Å². The third-order valence-corrected chi connectivity index (χ3v) is 3.64. The zero-order chi connectivity index (χ0) is 16.2. The van der Waals surface area contributed by atoms with Crippen molar-refractivity contribution in [3.8, 4) is 5.75 Å². The van der Waals surface area contributed by atoms with Crippen LogP contribution in [0.25, 0.3) is 0 Å². The Labute approximate surface area is 139 Å². The number of ether oxygens (including phenoxy) is 1. The van der Waals surface area contributed by atoms with Crippen molar-refractivity contribution in [1.29, 1.82) is 0 Å². The van der Waals surface area contributed by atoms with Gasteiger partial charge in [-0.15, -0.1) is 13.2 Å². The molecule has 0 aliphatic carbocycles. The van der Waals surface area contributed by atoms with Crippen LogP contribution in [0.4, 0.5) is 18.9 Å². The first-order valence-electron chi connectivity index (χ1n) is 7.38. The largest absolute Gasteiger partial charge is 1.00 e. The third kappa shape index (κ3) is 5.91. The molecule has 23 heavy (non-hydrogen) atoms. The zero-order valence-corrected chi connectivity index (χ0v) is 13.5. The fourth-order valence-corrected chi connectivity index (χ4v) is 2.56. The van der Waals surface area contributed by atoms with Gasteiger partial charge in [-0.25, -0.2) is 0 Å². The molecule has 1 atom stereocenters. The van der Waals surface area contributed by atoms with E-state index in [0.717, 1.165) is 19.3 Å². The molecular weight excluding hydrogens is 333 g/mol. The number of carbonyl (C=O) groups is 1. The number of amides is 1. The predicted octanol–water partition coefficient (Wildman–Crippen LogP) is -0.942. The summed E-state index contributed by atoms with van der Waals surface area (Å²) in [6, 6.07) is 5.86. The lowest BCUT2D eigenvalue weighted by Crippen LogP contribution is -3.00. The quantitative estimate of drug-likeness (QED) is 0.743. The highest BCUT2D eigenvalue weighted by atomic mass is 35.5. The number of benzene rings is 1. The van der Waals surface area contributed by atoms with Gasteiger partial charge in [0, 0.05) is 18.2 Å². The summed E-state index contributed by atoms with van der Waals surface area (Å²) in [4.78, 5) is 13.6. The molecule has 4 nitrogen and oxygen atoms in total. The highest BCUT2D eigenvalue weighted by Gasteiger charge is 2.32. The molecule has 1 aromatic rings. The lowest BCUT2D eigenvalue weighted by molar-refractivity contribution is -0.681. The predicted molar refractivity (Wildman–Crippen MR) is 75.6 cm³/mol. The van der Waals surface area contributed by atoms with Crippen LogP contribution in [0.5, 0.6) is 5.75 Å². The summed E-state index contributed by atoms with van der Waals surface area (Å²) in [5, 5.41) is 2.00. The van der Waals surface area contributed by atoms with E-state index in [1.54, 1.807) is 11.0 Å². The van der Waals surface area contributed by atoms with Crippen LogP contribution in [0.15, 0.2) is 24.3 Å². The highest BCUT2D eigenvalue weighted by Crippen LogP contribution is 2.27. The molecule has 2 rings (SSSR count). The van der Waals surface area contributed by atoms with E-state index < -0.39 is 6.36 Å². The Morgan fingerprint density at radius 3 is 2.78 bits per heavy atom. The lowest BCUT2D eigenvalue weighted by atomic mass is 10.1.